The van der Waals surface area contributed by atoms with E-state index in [0.29, 0.717) is 16.4 Å². The molecule has 1 aromatic rings. The van der Waals surface area contributed by atoms with E-state index >= 15 is 0 Å². The number of halogens is 1. The summed E-state index contributed by atoms with van der Waals surface area (Å²) in [6.07, 6.45) is 3.81. The Kier molecular flexibility index (Phi) is 5.83. The molecule has 0 spiro atoms. The molecular weight excluding hydrogens is 260 g/mol. The minimum atomic E-state index is 0.0484. The average Bonchev–Trinajstić information content (AvgIpc) is 2.65. The van der Waals surface area contributed by atoms with Crippen LogP contribution in [-0.4, -0.2) is 9.78 Å². The SMILES string of the molecule is CCn1ncc(Cl)c1C(CC(C)CC(C)(C)C)NN. The summed E-state index contributed by atoms with van der Waals surface area (Å²) in [6, 6.07) is 0.0484. The summed E-state index contributed by atoms with van der Waals surface area (Å²) in [5.74, 6) is 6.29. The highest BCUT2D eigenvalue weighted by atomic mass is 35.5. The monoisotopic (exact) mass is 286 g/mol. The zero-order chi connectivity index (χ0) is 14.6. The van der Waals surface area contributed by atoms with E-state index in [-0.39, 0.29) is 6.04 Å². The van der Waals surface area contributed by atoms with E-state index in [1.165, 1.54) is 0 Å². The molecule has 0 aliphatic carbocycles. The Hall–Kier alpha value is -0.580. The van der Waals surface area contributed by atoms with Crippen molar-refractivity contribution < 1.29 is 0 Å². The van der Waals surface area contributed by atoms with E-state index in [4.69, 9.17) is 17.4 Å². The van der Waals surface area contributed by atoms with Crippen LogP contribution in [0.4, 0.5) is 0 Å². The van der Waals surface area contributed by atoms with Crippen LogP contribution in [0.2, 0.25) is 5.02 Å². The third-order valence-corrected chi connectivity index (χ3v) is 3.55. The Bertz CT molecular complexity index is 395. The second-order valence-electron chi connectivity index (χ2n) is 6.52. The molecule has 0 radical (unpaired) electrons. The van der Waals surface area contributed by atoms with Crippen molar-refractivity contribution in [3.05, 3.63) is 16.9 Å². The van der Waals surface area contributed by atoms with Gasteiger partial charge in [0.25, 0.3) is 0 Å². The first kappa shape index (κ1) is 16.5. The molecule has 0 aliphatic heterocycles. The van der Waals surface area contributed by atoms with Gasteiger partial charge in [-0.2, -0.15) is 5.10 Å². The fraction of sp³-hybridized carbons (Fsp3) is 0.786. The number of rotatable bonds is 6. The number of nitrogens with zero attached hydrogens (tertiary/aromatic N) is 2. The number of hydrazine groups is 1. The van der Waals surface area contributed by atoms with Crippen molar-refractivity contribution in [2.24, 2.45) is 17.2 Å². The van der Waals surface area contributed by atoms with Crippen molar-refractivity contribution in [2.75, 3.05) is 0 Å². The smallest absolute Gasteiger partial charge is 0.0834 e. The Labute approximate surface area is 121 Å². The van der Waals surface area contributed by atoms with Gasteiger partial charge in [0.15, 0.2) is 0 Å². The highest BCUT2D eigenvalue weighted by Gasteiger charge is 2.23. The molecule has 0 bridgehead atoms. The van der Waals surface area contributed by atoms with Crippen LogP contribution in [0.3, 0.4) is 0 Å². The number of nitrogens with two attached hydrogens (primary N) is 1. The van der Waals surface area contributed by atoms with Gasteiger partial charge >= 0.3 is 0 Å². The van der Waals surface area contributed by atoms with Crippen molar-refractivity contribution in [1.29, 1.82) is 0 Å². The van der Waals surface area contributed by atoms with Crippen LogP contribution >= 0.6 is 11.6 Å². The highest BCUT2D eigenvalue weighted by Crippen LogP contribution is 2.32. The molecular formula is C14H27ClN4. The third kappa shape index (κ3) is 4.79. The molecule has 1 heterocycles. The van der Waals surface area contributed by atoms with Gasteiger partial charge in [-0.1, -0.05) is 39.3 Å². The van der Waals surface area contributed by atoms with Crippen molar-refractivity contribution in [3.63, 3.8) is 0 Å². The molecule has 5 heteroatoms. The van der Waals surface area contributed by atoms with Crippen molar-refractivity contribution >= 4 is 11.6 Å². The number of hydrogen-bond donors (Lipinski definition) is 2. The van der Waals surface area contributed by atoms with Gasteiger partial charge in [-0.25, -0.2) is 0 Å². The first-order chi connectivity index (χ1) is 8.78. The molecule has 0 fully saturated rings. The summed E-state index contributed by atoms with van der Waals surface area (Å²) in [7, 11) is 0. The molecule has 0 amide bonds. The van der Waals surface area contributed by atoms with Crippen LogP contribution in [0.15, 0.2) is 6.20 Å². The molecule has 19 heavy (non-hydrogen) atoms. The highest BCUT2D eigenvalue weighted by molar-refractivity contribution is 6.31. The fourth-order valence-electron chi connectivity index (χ4n) is 2.76. The quantitative estimate of drug-likeness (QED) is 0.621. The van der Waals surface area contributed by atoms with Crippen LogP contribution in [0.1, 0.15) is 59.2 Å². The van der Waals surface area contributed by atoms with Crippen molar-refractivity contribution in [3.8, 4) is 0 Å². The summed E-state index contributed by atoms with van der Waals surface area (Å²) in [5.41, 5.74) is 4.21. The molecule has 0 saturated heterocycles. The third-order valence-electron chi connectivity index (χ3n) is 3.26. The maximum atomic E-state index is 6.23. The number of hydrogen-bond acceptors (Lipinski definition) is 3. The van der Waals surface area contributed by atoms with E-state index in [2.05, 4.69) is 45.1 Å². The topological polar surface area (TPSA) is 55.9 Å². The maximum absolute atomic E-state index is 6.23. The summed E-state index contributed by atoms with van der Waals surface area (Å²) < 4.78 is 1.91. The lowest BCUT2D eigenvalue weighted by Crippen LogP contribution is -2.32. The van der Waals surface area contributed by atoms with Crippen LogP contribution in [0, 0.1) is 11.3 Å². The molecule has 3 N–H and O–H groups in total. The molecule has 110 valence electrons. The van der Waals surface area contributed by atoms with Crippen LogP contribution in [-0.2, 0) is 6.54 Å². The summed E-state index contributed by atoms with van der Waals surface area (Å²) in [4.78, 5) is 0. The standard InChI is InChI=1S/C14H27ClN4/c1-6-19-13(11(15)9-17-19)12(18-16)7-10(2)8-14(3,4)5/h9-10,12,18H,6-8,16H2,1-5H3. The Morgan fingerprint density at radius 2 is 2.11 bits per heavy atom. The van der Waals surface area contributed by atoms with Gasteiger partial charge in [0.05, 0.1) is 23.0 Å². The van der Waals surface area contributed by atoms with Gasteiger partial charge in [-0.05, 0) is 31.1 Å². The normalized spacial score (nSPS) is 15.5. The Balaban J connectivity index is 2.80. The summed E-state index contributed by atoms with van der Waals surface area (Å²) in [5, 5.41) is 4.96. The van der Waals surface area contributed by atoms with Gasteiger partial charge < -0.3 is 0 Å². The van der Waals surface area contributed by atoms with E-state index in [1.54, 1.807) is 6.20 Å². The average molecular weight is 287 g/mol. The van der Waals surface area contributed by atoms with Crippen molar-refractivity contribution in [1.82, 2.24) is 15.2 Å². The minimum absolute atomic E-state index is 0.0484. The molecule has 2 unspecified atom stereocenters. The van der Waals surface area contributed by atoms with Gasteiger partial charge in [0.1, 0.15) is 0 Å². The van der Waals surface area contributed by atoms with Gasteiger partial charge in [0, 0.05) is 6.54 Å². The minimum Gasteiger partial charge on any atom is -0.271 e. The van der Waals surface area contributed by atoms with Gasteiger partial charge in [-0.3, -0.25) is 16.0 Å². The molecule has 0 aromatic carbocycles. The lowest BCUT2D eigenvalue weighted by atomic mass is 9.82. The number of aromatic nitrogens is 2. The van der Waals surface area contributed by atoms with E-state index in [9.17, 15) is 0 Å². The maximum Gasteiger partial charge on any atom is 0.0834 e. The first-order valence-corrected chi connectivity index (χ1v) is 7.33. The summed E-state index contributed by atoms with van der Waals surface area (Å²) >= 11 is 6.23. The molecule has 1 aromatic heterocycles. The van der Waals surface area contributed by atoms with E-state index < -0.39 is 0 Å². The molecule has 0 saturated carbocycles. The zero-order valence-electron chi connectivity index (χ0n) is 12.7. The van der Waals surface area contributed by atoms with Gasteiger partial charge in [-0.15, -0.1) is 0 Å². The van der Waals surface area contributed by atoms with E-state index in [1.807, 2.05) is 4.68 Å². The molecule has 1 rings (SSSR count). The second-order valence-corrected chi connectivity index (χ2v) is 6.93. The zero-order valence-corrected chi connectivity index (χ0v) is 13.5. The van der Waals surface area contributed by atoms with Crippen LogP contribution in [0.5, 0.6) is 0 Å². The number of aryl methyl sites for hydroxylation is 1. The predicted octanol–water partition coefficient (Wildman–Crippen LogP) is 3.52. The lowest BCUT2D eigenvalue weighted by Gasteiger charge is -2.27. The largest absolute Gasteiger partial charge is 0.271 e. The van der Waals surface area contributed by atoms with Crippen LogP contribution < -0.4 is 11.3 Å². The van der Waals surface area contributed by atoms with E-state index in [0.717, 1.165) is 25.1 Å². The summed E-state index contributed by atoms with van der Waals surface area (Å²) in [6.45, 7) is 11.9. The molecule has 4 nitrogen and oxygen atoms in total. The number of nitrogens with one attached hydrogen (secondary N) is 1. The lowest BCUT2D eigenvalue weighted by molar-refractivity contribution is 0.272. The van der Waals surface area contributed by atoms with Gasteiger partial charge in [0.2, 0.25) is 0 Å². The molecule has 0 aliphatic rings. The molecule has 2 atom stereocenters. The predicted molar refractivity (Wildman–Crippen MR) is 80.8 cm³/mol. The Morgan fingerprint density at radius 3 is 2.58 bits per heavy atom. The second kappa shape index (κ2) is 6.73. The van der Waals surface area contributed by atoms with Crippen LogP contribution in [0.25, 0.3) is 0 Å². The van der Waals surface area contributed by atoms with Crippen molar-refractivity contribution in [2.45, 2.75) is 60.0 Å². The first-order valence-electron chi connectivity index (χ1n) is 6.95. The fourth-order valence-corrected chi connectivity index (χ4v) is 3.03. The Morgan fingerprint density at radius 1 is 1.47 bits per heavy atom.